The normalized spacial score (nSPS) is 11.3. The molecule has 0 bridgehead atoms. The van der Waals surface area contributed by atoms with Crippen molar-refractivity contribution in [3.8, 4) is 10.4 Å². The maximum Gasteiger partial charge on any atom is 0.371 e. The number of rotatable bonds is 4. The molecule has 1 heterocycles. The van der Waals surface area contributed by atoms with Crippen LogP contribution in [-0.2, 0) is 4.79 Å². The predicted molar refractivity (Wildman–Crippen MR) is 77.4 cm³/mol. The first-order valence-corrected chi connectivity index (χ1v) is 6.71. The molecule has 0 saturated heterocycles. The third kappa shape index (κ3) is 3.26. The van der Waals surface area contributed by atoms with Gasteiger partial charge in [-0.3, -0.25) is 4.79 Å². The number of benzene rings is 1. The number of hydrogen-bond donors (Lipinski definition) is 2. The summed E-state index contributed by atoms with van der Waals surface area (Å²) in [6.45, 7) is 0. The Hall–Kier alpha value is -2.11. The van der Waals surface area contributed by atoms with Crippen molar-refractivity contribution < 1.29 is 19.8 Å². The summed E-state index contributed by atoms with van der Waals surface area (Å²) in [5, 5.41) is 18.2. The Bertz CT molecular complexity index is 685. The molecule has 102 valence electrons. The fraction of sp³-hybridized carbons (Fsp3) is 0. The third-order valence-electron chi connectivity index (χ3n) is 2.46. The number of carboxylic acids is 1. The van der Waals surface area contributed by atoms with Gasteiger partial charge in [-0.2, -0.15) is 0 Å². The maximum absolute atomic E-state index is 11.7. The van der Waals surface area contributed by atoms with Crippen molar-refractivity contribution in [1.82, 2.24) is 0 Å². The van der Waals surface area contributed by atoms with Gasteiger partial charge in [0.05, 0.1) is 4.88 Å². The summed E-state index contributed by atoms with van der Waals surface area (Å²) in [6.07, 6.45) is 0.694. The van der Waals surface area contributed by atoms with E-state index in [0.29, 0.717) is 16.0 Å². The minimum Gasteiger partial charge on any atom is -0.502 e. The topological polar surface area (TPSA) is 74.6 Å². The predicted octanol–water partition coefficient (Wildman–Crippen LogP) is 3.78. The second-order valence-corrected chi connectivity index (χ2v) is 5.39. The number of ketones is 1. The van der Waals surface area contributed by atoms with Crippen molar-refractivity contribution >= 4 is 34.7 Å². The molecule has 1 aromatic carbocycles. The van der Waals surface area contributed by atoms with Crippen LogP contribution in [0.3, 0.4) is 0 Å². The summed E-state index contributed by atoms with van der Waals surface area (Å²) in [5.41, 5.74) is 0.907. The number of thiophene rings is 1. The summed E-state index contributed by atoms with van der Waals surface area (Å²) >= 11 is 7.01. The lowest BCUT2D eigenvalue weighted by Crippen LogP contribution is -2.02. The van der Waals surface area contributed by atoms with E-state index in [9.17, 15) is 9.59 Å². The van der Waals surface area contributed by atoms with Gasteiger partial charge in [-0.1, -0.05) is 23.7 Å². The van der Waals surface area contributed by atoms with Crippen molar-refractivity contribution in [2.45, 2.75) is 0 Å². The van der Waals surface area contributed by atoms with Crippen LogP contribution in [0.2, 0.25) is 5.02 Å². The minimum atomic E-state index is -1.53. The van der Waals surface area contributed by atoms with Gasteiger partial charge in [-0.15, -0.1) is 11.3 Å². The Labute approximate surface area is 123 Å². The standard InChI is InChI=1S/C14H9ClO4S/c15-9-3-1-8(2-4-9)12-5-6-13(20-12)10(16)7-11(17)14(18)19/h1-7,17H,(H,18,19)/b11-7-. The molecule has 0 aliphatic heterocycles. The number of carbonyl (C=O) groups is 2. The van der Waals surface area contributed by atoms with Gasteiger partial charge in [-0.05, 0) is 29.8 Å². The second-order valence-electron chi connectivity index (χ2n) is 3.87. The van der Waals surface area contributed by atoms with E-state index in [1.165, 1.54) is 11.3 Å². The van der Waals surface area contributed by atoms with Crippen molar-refractivity contribution in [1.29, 1.82) is 0 Å². The summed E-state index contributed by atoms with van der Waals surface area (Å²) < 4.78 is 0. The van der Waals surface area contributed by atoms with Crippen LogP contribution in [0.25, 0.3) is 10.4 Å². The molecule has 0 amide bonds. The lowest BCUT2D eigenvalue weighted by molar-refractivity contribution is -0.135. The van der Waals surface area contributed by atoms with Gasteiger partial charge in [0, 0.05) is 16.0 Å². The maximum atomic E-state index is 11.7. The SMILES string of the molecule is O=C(O)/C(O)=C/C(=O)c1ccc(-c2ccc(Cl)cc2)s1. The second kappa shape index (κ2) is 5.90. The molecule has 0 spiro atoms. The molecule has 6 heteroatoms. The van der Waals surface area contributed by atoms with Gasteiger partial charge < -0.3 is 10.2 Å². The van der Waals surface area contributed by atoms with Crippen molar-refractivity contribution in [3.05, 3.63) is 58.1 Å². The molecule has 2 N–H and O–H groups in total. The average molecular weight is 309 g/mol. The average Bonchev–Trinajstić information content (AvgIpc) is 2.89. The summed E-state index contributed by atoms with van der Waals surface area (Å²) in [6, 6.07) is 10.5. The first-order chi connectivity index (χ1) is 9.47. The smallest absolute Gasteiger partial charge is 0.371 e. The Kier molecular flexibility index (Phi) is 4.22. The zero-order valence-corrected chi connectivity index (χ0v) is 11.6. The lowest BCUT2D eigenvalue weighted by Gasteiger charge is -1.96. The Morgan fingerprint density at radius 3 is 2.30 bits per heavy atom. The molecule has 2 rings (SSSR count). The number of aliphatic carboxylic acids is 1. The van der Waals surface area contributed by atoms with Crippen LogP contribution in [0, 0.1) is 0 Å². The van der Waals surface area contributed by atoms with Crippen LogP contribution in [0.1, 0.15) is 9.67 Å². The molecule has 1 aromatic heterocycles. The van der Waals surface area contributed by atoms with Crippen LogP contribution in [-0.4, -0.2) is 22.0 Å². The van der Waals surface area contributed by atoms with Crippen molar-refractivity contribution in [2.75, 3.05) is 0 Å². The highest BCUT2D eigenvalue weighted by Gasteiger charge is 2.12. The molecular formula is C14H9ClO4S. The number of allylic oxidation sites excluding steroid dienone is 1. The molecule has 0 unspecified atom stereocenters. The van der Waals surface area contributed by atoms with E-state index < -0.39 is 17.5 Å². The summed E-state index contributed by atoms with van der Waals surface area (Å²) in [7, 11) is 0. The van der Waals surface area contributed by atoms with Gasteiger partial charge in [0.15, 0.2) is 5.78 Å². The van der Waals surface area contributed by atoms with E-state index in [1.807, 2.05) is 12.1 Å². The number of aliphatic hydroxyl groups excluding tert-OH is 1. The van der Waals surface area contributed by atoms with Crippen LogP contribution < -0.4 is 0 Å². The molecule has 2 aromatic rings. The van der Waals surface area contributed by atoms with Gasteiger partial charge in [-0.25, -0.2) is 4.79 Å². The zero-order valence-electron chi connectivity index (χ0n) is 10.0. The van der Waals surface area contributed by atoms with Gasteiger partial charge in [0.1, 0.15) is 0 Å². The van der Waals surface area contributed by atoms with Gasteiger partial charge in [0.25, 0.3) is 0 Å². The van der Waals surface area contributed by atoms with Crippen LogP contribution in [0.15, 0.2) is 48.2 Å². The van der Waals surface area contributed by atoms with Gasteiger partial charge >= 0.3 is 5.97 Å². The van der Waals surface area contributed by atoms with E-state index >= 15 is 0 Å². The van der Waals surface area contributed by atoms with E-state index in [2.05, 4.69) is 0 Å². The number of halogens is 1. The molecule has 0 fully saturated rings. The molecule has 0 aliphatic carbocycles. The van der Waals surface area contributed by atoms with Crippen LogP contribution >= 0.6 is 22.9 Å². The highest BCUT2D eigenvalue weighted by molar-refractivity contribution is 7.17. The zero-order chi connectivity index (χ0) is 14.7. The minimum absolute atomic E-state index is 0.350. The Balaban J connectivity index is 2.25. The first kappa shape index (κ1) is 14.3. The van der Waals surface area contributed by atoms with Crippen LogP contribution in [0.4, 0.5) is 0 Å². The molecule has 4 nitrogen and oxygen atoms in total. The molecule has 0 aliphatic rings. The number of carbonyl (C=O) groups excluding carboxylic acids is 1. The molecular weight excluding hydrogens is 300 g/mol. The molecule has 0 atom stereocenters. The molecule has 0 radical (unpaired) electrons. The third-order valence-corrected chi connectivity index (χ3v) is 3.87. The fourth-order valence-corrected chi connectivity index (χ4v) is 2.55. The molecule has 20 heavy (non-hydrogen) atoms. The lowest BCUT2D eigenvalue weighted by atomic mass is 10.2. The molecule has 0 saturated carbocycles. The highest BCUT2D eigenvalue weighted by atomic mass is 35.5. The van der Waals surface area contributed by atoms with E-state index in [4.69, 9.17) is 21.8 Å². The van der Waals surface area contributed by atoms with E-state index in [0.717, 1.165) is 10.4 Å². The van der Waals surface area contributed by atoms with E-state index in [1.54, 1.807) is 24.3 Å². The Morgan fingerprint density at radius 1 is 1.05 bits per heavy atom. The van der Waals surface area contributed by atoms with Crippen molar-refractivity contribution in [2.24, 2.45) is 0 Å². The van der Waals surface area contributed by atoms with E-state index in [-0.39, 0.29) is 0 Å². The largest absolute Gasteiger partial charge is 0.502 e. The van der Waals surface area contributed by atoms with Gasteiger partial charge in [0.2, 0.25) is 5.76 Å². The van der Waals surface area contributed by atoms with Crippen LogP contribution in [0.5, 0.6) is 0 Å². The Morgan fingerprint density at radius 2 is 1.70 bits per heavy atom. The number of hydrogen-bond acceptors (Lipinski definition) is 4. The monoisotopic (exact) mass is 308 g/mol. The summed E-state index contributed by atoms with van der Waals surface area (Å²) in [4.78, 5) is 23.4. The quantitative estimate of drug-likeness (QED) is 0.512. The number of carboxylic acid groups (broad SMARTS) is 1. The van der Waals surface area contributed by atoms with Crippen molar-refractivity contribution in [3.63, 3.8) is 0 Å². The fourth-order valence-electron chi connectivity index (χ4n) is 1.50. The highest BCUT2D eigenvalue weighted by Crippen LogP contribution is 2.29. The summed E-state index contributed by atoms with van der Waals surface area (Å²) in [5.74, 6) is -3.06. The first-order valence-electron chi connectivity index (χ1n) is 5.51. The number of aliphatic hydroxyl groups is 1.